The van der Waals surface area contributed by atoms with Crippen LogP contribution in [0.1, 0.15) is 21.5 Å². The number of amides is 1. The van der Waals surface area contributed by atoms with E-state index in [-0.39, 0.29) is 12.5 Å². The summed E-state index contributed by atoms with van der Waals surface area (Å²) >= 11 is 6.20. The number of H-pyrrole nitrogens is 1. The van der Waals surface area contributed by atoms with E-state index in [0.717, 1.165) is 16.7 Å². The van der Waals surface area contributed by atoms with Crippen LogP contribution in [0.15, 0.2) is 54.7 Å². The number of aromatic amines is 1. The third kappa shape index (κ3) is 3.48. The normalized spacial score (nSPS) is 10.6. The quantitative estimate of drug-likeness (QED) is 0.667. The second-order valence-corrected chi connectivity index (χ2v) is 5.71. The largest absolute Gasteiger partial charge is 0.392 e. The van der Waals surface area contributed by atoms with E-state index < -0.39 is 0 Å². The van der Waals surface area contributed by atoms with Gasteiger partial charge in [-0.1, -0.05) is 54.1 Å². The van der Waals surface area contributed by atoms with Crippen LogP contribution in [0.5, 0.6) is 0 Å². The molecule has 0 unspecified atom stereocenters. The Hall–Kier alpha value is -2.63. The summed E-state index contributed by atoms with van der Waals surface area (Å²) in [6.45, 7) is 0.333. The number of aromatic nitrogens is 2. The fourth-order valence-corrected chi connectivity index (χ4v) is 2.67. The predicted molar refractivity (Wildman–Crippen MR) is 92.6 cm³/mol. The minimum Gasteiger partial charge on any atom is -0.392 e. The smallest absolute Gasteiger partial charge is 0.255 e. The number of hydrogen-bond donors (Lipinski definition) is 3. The van der Waals surface area contributed by atoms with E-state index in [0.29, 0.717) is 22.8 Å². The van der Waals surface area contributed by atoms with Gasteiger partial charge in [-0.3, -0.25) is 9.89 Å². The second-order valence-electron chi connectivity index (χ2n) is 5.30. The average molecular weight is 342 g/mol. The minimum absolute atomic E-state index is 0.0276. The van der Waals surface area contributed by atoms with Gasteiger partial charge in [0.1, 0.15) is 0 Å². The van der Waals surface area contributed by atoms with Crippen LogP contribution in [0, 0.1) is 0 Å². The lowest BCUT2D eigenvalue weighted by Gasteiger charge is -2.08. The van der Waals surface area contributed by atoms with Gasteiger partial charge in [-0.25, -0.2) is 0 Å². The number of hydrogen-bond acceptors (Lipinski definition) is 3. The molecule has 3 N–H and O–H groups in total. The number of carbonyl (C=O) groups is 1. The first-order valence-corrected chi connectivity index (χ1v) is 7.82. The third-order valence-electron chi connectivity index (χ3n) is 3.65. The van der Waals surface area contributed by atoms with E-state index in [4.69, 9.17) is 16.7 Å². The molecule has 6 heteroatoms. The fraction of sp³-hybridized carbons (Fsp3) is 0.111. The van der Waals surface area contributed by atoms with Gasteiger partial charge in [0.15, 0.2) is 0 Å². The van der Waals surface area contributed by atoms with Crippen LogP contribution in [0.3, 0.4) is 0 Å². The molecule has 0 saturated carbocycles. The molecule has 2 aromatic carbocycles. The van der Waals surface area contributed by atoms with Crippen molar-refractivity contribution in [1.82, 2.24) is 15.5 Å². The molecule has 0 saturated heterocycles. The molecule has 0 aliphatic rings. The van der Waals surface area contributed by atoms with Gasteiger partial charge in [-0.2, -0.15) is 5.10 Å². The zero-order chi connectivity index (χ0) is 16.9. The molecule has 0 aliphatic carbocycles. The number of aliphatic hydroxyl groups excluding tert-OH is 1. The molecule has 1 aromatic heterocycles. The van der Waals surface area contributed by atoms with Crippen LogP contribution >= 0.6 is 11.6 Å². The van der Waals surface area contributed by atoms with E-state index in [2.05, 4.69) is 15.5 Å². The summed E-state index contributed by atoms with van der Waals surface area (Å²) in [5.41, 5.74) is 3.47. The van der Waals surface area contributed by atoms with Gasteiger partial charge in [-0.05, 0) is 17.2 Å². The molecule has 0 spiro atoms. The Labute approximate surface area is 144 Å². The van der Waals surface area contributed by atoms with Crippen LogP contribution in [0.4, 0.5) is 0 Å². The molecule has 0 aliphatic heterocycles. The number of nitrogens with zero attached hydrogens (tertiary/aromatic N) is 1. The molecule has 0 fully saturated rings. The molecular formula is C18H16ClN3O2. The molecular weight excluding hydrogens is 326 g/mol. The zero-order valence-electron chi connectivity index (χ0n) is 12.8. The van der Waals surface area contributed by atoms with Crippen LogP contribution in [-0.4, -0.2) is 21.2 Å². The number of nitrogens with one attached hydrogen (secondary N) is 2. The minimum atomic E-state index is -0.243. The topological polar surface area (TPSA) is 78.0 Å². The van der Waals surface area contributed by atoms with Crippen molar-refractivity contribution in [1.29, 1.82) is 0 Å². The molecule has 0 atom stereocenters. The number of benzene rings is 2. The first-order chi connectivity index (χ1) is 11.7. The van der Waals surface area contributed by atoms with Gasteiger partial charge in [0.05, 0.1) is 24.1 Å². The number of halogens is 1. The maximum Gasteiger partial charge on any atom is 0.255 e. The highest BCUT2D eigenvalue weighted by molar-refractivity contribution is 6.33. The van der Waals surface area contributed by atoms with Gasteiger partial charge < -0.3 is 10.4 Å². The van der Waals surface area contributed by atoms with Gasteiger partial charge >= 0.3 is 0 Å². The van der Waals surface area contributed by atoms with Crippen molar-refractivity contribution >= 4 is 17.5 Å². The van der Waals surface area contributed by atoms with E-state index in [1.54, 1.807) is 6.07 Å². The molecule has 122 valence electrons. The van der Waals surface area contributed by atoms with Gasteiger partial charge in [0, 0.05) is 17.1 Å². The molecule has 24 heavy (non-hydrogen) atoms. The molecule has 1 amide bonds. The van der Waals surface area contributed by atoms with Crippen LogP contribution in [-0.2, 0) is 13.2 Å². The molecule has 3 aromatic rings. The van der Waals surface area contributed by atoms with Crippen LogP contribution < -0.4 is 5.32 Å². The third-order valence-corrected chi connectivity index (χ3v) is 3.98. The van der Waals surface area contributed by atoms with Crippen molar-refractivity contribution in [2.45, 2.75) is 13.2 Å². The summed E-state index contributed by atoms with van der Waals surface area (Å²) in [4.78, 5) is 12.5. The Morgan fingerprint density at radius 1 is 1.17 bits per heavy atom. The SMILES string of the molecule is O=C(NCc1cccc(CO)c1)c1cn[nH]c1-c1ccccc1Cl. The molecule has 1 heterocycles. The van der Waals surface area contributed by atoms with Crippen molar-refractivity contribution in [3.8, 4) is 11.3 Å². The van der Waals surface area contributed by atoms with Crippen molar-refractivity contribution in [2.75, 3.05) is 0 Å². The summed E-state index contributed by atoms with van der Waals surface area (Å²) in [6.07, 6.45) is 1.48. The first-order valence-electron chi connectivity index (χ1n) is 7.44. The Kier molecular flexibility index (Phi) is 4.93. The maximum absolute atomic E-state index is 12.5. The summed E-state index contributed by atoms with van der Waals surface area (Å²) in [5, 5.41) is 19.4. The monoisotopic (exact) mass is 341 g/mol. The van der Waals surface area contributed by atoms with E-state index in [1.807, 2.05) is 42.5 Å². The maximum atomic E-state index is 12.5. The number of carbonyl (C=O) groups excluding carboxylic acids is 1. The number of rotatable bonds is 5. The Morgan fingerprint density at radius 2 is 1.96 bits per heavy atom. The Bertz CT molecular complexity index is 861. The standard InChI is InChI=1S/C18H16ClN3O2/c19-16-7-2-1-6-14(16)17-15(10-21-22-17)18(24)20-9-12-4-3-5-13(8-12)11-23/h1-8,10,23H,9,11H2,(H,20,24)(H,21,22). The lowest BCUT2D eigenvalue weighted by Crippen LogP contribution is -2.23. The lowest BCUT2D eigenvalue weighted by atomic mass is 10.1. The van der Waals surface area contributed by atoms with Gasteiger partial charge in [0.25, 0.3) is 5.91 Å². The highest BCUT2D eigenvalue weighted by atomic mass is 35.5. The van der Waals surface area contributed by atoms with Crippen molar-refractivity contribution in [2.24, 2.45) is 0 Å². The average Bonchev–Trinajstić information content (AvgIpc) is 3.10. The predicted octanol–water partition coefficient (Wildman–Crippen LogP) is 3.15. The fourth-order valence-electron chi connectivity index (χ4n) is 2.44. The lowest BCUT2D eigenvalue weighted by molar-refractivity contribution is 0.0951. The summed E-state index contributed by atoms with van der Waals surface area (Å²) in [7, 11) is 0. The molecule has 5 nitrogen and oxygen atoms in total. The number of aliphatic hydroxyl groups is 1. The van der Waals surface area contributed by atoms with E-state index in [1.165, 1.54) is 6.20 Å². The highest BCUT2D eigenvalue weighted by Gasteiger charge is 2.16. The zero-order valence-corrected chi connectivity index (χ0v) is 13.5. The molecule has 3 rings (SSSR count). The summed E-state index contributed by atoms with van der Waals surface area (Å²) < 4.78 is 0. The Morgan fingerprint density at radius 3 is 2.75 bits per heavy atom. The molecule has 0 radical (unpaired) electrons. The van der Waals surface area contributed by atoms with Gasteiger partial charge in [-0.15, -0.1) is 0 Å². The van der Waals surface area contributed by atoms with Gasteiger partial charge in [0.2, 0.25) is 0 Å². The van der Waals surface area contributed by atoms with Crippen molar-refractivity contribution < 1.29 is 9.90 Å². The van der Waals surface area contributed by atoms with E-state index >= 15 is 0 Å². The second kappa shape index (κ2) is 7.29. The van der Waals surface area contributed by atoms with Crippen LogP contribution in [0.2, 0.25) is 5.02 Å². The van der Waals surface area contributed by atoms with Crippen LogP contribution in [0.25, 0.3) is 11.3 Å². The van der Waals surface area contributed by atoms with Crippen molar-refractivity contribution in [3.63, 3.8) is 0 Å². The highest BCUT2D eigenvalue weighted by Crippen LogP contribution is 2.28. The Balaban J connectivity index is 1.77. The first kappa shape index (κ1) is 16.2. The summed E-state index contributed by atoms with van der Waals surface area (Å²) in [6, 6.07) is 14.7. The van der Waals surface area contributed by atoms with Crippen molar-refractivity contribution in [3.05, 3.63) is 76.4 Å². The molecule has 0 bridgehead atoms. The summed E-state index contributed by atoms with van der Waals surface area (Å²) in [5.74, 6) is -0.243. The van der Waals surface area contributed by atoms with E-state index in [9.17, 15) is 4.79 Å².